The van der Waals surface area contributed by atoms with E-state index in [2.05, 4.69) is 13.8 Å². The van der Waals surface area contributed by atoms with Gasteiger partial charge in [0, 0.05) is 5.54 Å². The van der Waals surface area contributed by atoms with Crippen LogP contribution in [0.1, 0.15) is 52.6 Å². The summed E-state index contributed by atoms with van der Waals surface area (Å²) in [7, 11) is 0. The topological polar surface area (TPSA) is 70.0 Å². The van der Waals surface area contributed by atoms with Crippen molar-refractivity contribution in [3.8, 4) is 5.75 Å². The van der Waals surface area contributed by atoms with Crippen LogP contribution >= 0.6 is 0 Å². The van der Waals surface area contributed by atoms with E-state index in [1.54, 1.807) is 0 Å². The van der Waals surface area contributed by atoms with Crippen LogP contribution in [0, 0.1) is 5.92 Å². The Morgan fingerprint density at radius 2 is 1.83 bits per heavy atom. The second kappa shape index (κ2) is 8.20. The Labute approximate surface area is 138 Å². The first-order chi connectivity index (χ1) is 10.7. The summed E-state index contributed by atoms with van der Waals surface area (Å²) < 4.78 is 5.71. The maximum Gasteiger partial charge on any atom is 0.408 e. The summed E-state index contributed by atoms with van der Waals surface area (Å²) in [5.74, 6) is 1.24. The number of hydrogen-bond donors (Lipinski definition) is 2. The highest BCUT2D eigenvalue weighted by Gasteiger charge is 2.33. The molecule has 1 rings (SSSR count). The van der Waals surface area contributed by atoms with Crippen LogP contribution in [0.4, 0.5) is 4.79 Å². The molecule has 0 aliphatic heterocycles. The molecule has 130 valence electrons. The van der Waals surface area contributed by atoms with E-state index in [0.717, 1.165) is 17.7 Å². The summed E-state index contributed by atoms with van der Waals surface area (Å²) in [6, 6.07) is 6.67. The average Bonchev–Trinajstić information content (AvgIpc) is 2.49. The van der Waals surface area contributed by atoms with Gasteiger partial charge in [0.25, 0.3) is 0 Å². The van der Waals surface area contributed by atoms with Gasteiger partial charge in [-0.3, -0.25) is 4.90 Å². The summed E-state index contributed by atoms with van der Waals surface area (Å²) in [6.07, 6.45) is 0.0118. The van der Waals surface area contributed by atoms with Gasteiger partial charge in [0.15, 0.2) is 0 Å². The van der Waals surface area contributed by atoms with Crippen molar-refractivity contribution >= 4 is 6.09 Å². The van der Waals surface area contributed by atoms with Crippen molar-refractivity contribution in [3.63, 3.8) is 0 Å². The Kier molecular flexibility index (Phi) is 6.88. The number of hydrogen-bond acceptors (Lipinski definition) is 3. The van der Waals surface area contributed by atoms with Gasteiger partial charge in [-0.1, -0.05) is 32.4 Å². The number of rotatable bonds is 7. The Bertz CT molecular complexity index is 493. The van der Waals surface area contributed by atoms with Crippen molar-refractivity contribution in [2.24, 2.45) is 5.92 Å². The van der Waals surface area contributed by atoms with Gasteiger partial charge < -0.3 is 14.9 Å². The van der Waals surface area contributed by atoms with E-state index in [1.165, 1.54) is 4.90 Å². The Balaban J connectivity index is 2.92. The molecule has 0 fully saturated rings. The lowest BCUT2D eigenvalue weighted by molar-refractivity contribution is 0.0458. The predicted octanol–water partition coefficient (Wildman–Crippen LogP) is 3.92. The molecule has 1 aromatic rings. The molecule has 0 radical (unpaired) electrons. The molecule has 0 aromatic heterocycles. The number of carbonyl (C=O) groups is 1. The smallest absolute Gasteiger partial charge is 0.408 e. The number of aliphatic hydroxyl groups excluding tert-OH is 1. The highest BCUT2D eigenvalue weighted by molar-refractivity contribution is 5.67. The molecule has 2 atom stereocenters. The fourth-order valence-corrected chi connectivity index (χ4v) is 2.37. The molecule has 0 saturated heterocycles. The monoisotopic (exact) mass is 323 g/mol. The van der Waals surface area contributed by atoms with E-state index in [1.807, 2.05) is 45.0 Å². The molecule has 0 bridgehead atoms. The van der Waals surface area contributed by atoms with E-state index < -0.39 is 17.7 Å². The normalized spacial score (nSPS) is 14.2. The molecule has 1 amide bonds. The molecular formula is C18H29NO4. The Morgan fingerprint density at radius 3 is 2.22 bits per heavy atom. The third-order valence-corrected chi connectivity index (χ3v) is 3.91. The predicted molar refractivity (Wildman–Crippen MR) is 90.8 cm³/mol. The van der Waals surface area contributed by atoms with Crippen LogP contribution in [0.5, 0.6) is 5.75 Å². The molecule has 5 heteroatoms. The number of benzene rings is 1. The van der Waals surface area contributed by atoms with Crippen LogP contribution in [-0.4, -0.2) is 40.0 Å². The quantitative estimate of drug-likeness (QED) is 0.798. The minimum absolute atomic E-state index is 0.267. The maximum absolute atomic E-state index is 11.6. The molecule has 2 N–H and O–H groups in total. The highest BCUT2D eigenvalue weighted by Crippen LogP contribution is 2.29. The van der Waals surface area contributed by atoms with Crippen LogP contribution in [0.25, 0.3) is 0 Å². The molecule has 1 aromatic carbocycles. The van der Waals surface area contributed by atoms with Gasteiger partial charge in [-0.15, -0.1) is 0 Å². The van der Waals surface area contributed by atoms with Crippen LogP contribution in [0.2, 0.25) is 0 Å². The first-order valence-electron chi connectivity index (χ1n) is 8.06. The largest absolute Gasteiger partial charge is 0.493 e. The SMILES string of the molecule is CC[C@H](C)COc1ccc([C@H](CO)N(C(=O)O)C(C)(C)C)cc1. The zero-order chi connectivity index (χ0) is 17.6. The van der Waals surface area contributed by atoms with Crippen molar-refractivity contribution in [1.29, 1.82) is 0 Å². The fourth-order valence-electron chi connectivity index (χ4n) is 2.37. The fraction of sp³-hybridized carbons (Fsp3) is 0.611. The lowest BCUT2D eigenvalue weighted by Crippen LogP contribution is -2.48. The molecule has 5 nitrogen and oxygen atoms in total. The molecule has 0 saturated carbocycles. The second-order valence-electron chi connectivity index (χ2n) is 6.92. The number of amides is 1. The third-order valence-electron chi connectivity index (χ3n) is 3.91. The molecule has 23 heavy (non-hydrogen) atoms. The molecule has 0 aliphatic carbocycles. The van der Waals surface area contributed by atoms with Gasteiger partial charge >= 0.3 is 6.09 Å². The molecule has 0 spiro atoms. The standard InChI is InChI=1S/C18H29NO4/c1-6-13(2)12-23-15-9-7-14(8-10-15)16(11-20)19(17(21)22)18(3,4)5/h7-10,13,16,20H,6,11-12H2,1-5H3,(H,21,22)/t13-,16-/m0/s1. The summed E-state index contributed by atoms with van der Waals surface area (Å²) in [5, 5.41) is 19.2. The average molecular weight is 323 g/mol. The lowest BCUT2D eigenvalue weighted by atomic mass is 9.99. The second-order valence-corrected chi connectivity index (χ2v) is 6.92. The summed E-state index contributed by atoms with van der Waals surface area (Å²) >= 11 is 0. The van der Waals surface area contributed by atoms with Gasteiger partial charge in [0.1, 0.15) is 5.75 Å². The number of nitrogens with zero attached hydrogens (tertiary/aromatic N) is 1. The minimum Gasteiger partial charge on any atom is -0.493 e. The summed E-state index contributed by atoms with van der Waals surface area (Å²) in [4.78, 5) is 12.9. The minimum atomic E-state index is -1.05. The van der Waals surface area contributed by atoms with Crippen LogP contribution in [-0.2, 0) is 0 Å². The Morgan fingerprint density at radius 1 is 1.26 bits per heavy atom. The number of ether oxygens (including phenoxy) is 1. The van der Waals surface area contributed by atoms with E-state index in [4.69, 9.17) is 4.74 Å². The third kappa shape index (κ3) is 5.43. The summed E-state index contributed by atoms with van der Waals surface area (Å²) in [5.41, 5.74) is 0.144. The van der Waals surface area contributed by atoms with Crippen LogP contribution in [0.15, 0.2) is 24.3 Å². The zero-order valence-corrected chi connectivity index (χ0v) is 14.7. The lowest BCUT2D eigenvalue weighted by Gasteiger charge is -2.39. The van der Waals surface area contributed by atoms with Crippen molar-refractivity contribution in [2.75, 3.05) is 13.2 Å². The van der Waals surface area contributed by atoms with Crippen molar-refractivity contribution in [3.05, 3.63) is 29.8 Å². The molecule has 0 aliphatic rings. The van der Waals surface area contributed by atoms with Gasteiger partial charge in [-0.2, -0.15) is 0 Å². The van der Waals surface area contributed by atoms with Crippen LogP contribution < -0.4 is 4.74 Å². The van der Waals surface area contributed by atoms with Gasteiger partial charge in [0.2, 0.25) is 0 Å². The van der Waals surface area contributed by atoms with E-state index >= 15 is 0 Å². The first-order valence-corrected chi connectivity index (χ1v) is 8.06. The first kappa shape index (κ1) is 19.3. The summed E-state index contributed by atoms with van der Waals surface area (Å²) in [6.45, 7) is 10.1. The Hall–Kier alpha value is -1.75. The van der Waals surface area contributed by atoms with Gasteiger partial charge in [0.05, 0.1) is 19.3 Å². The maximum atomic E-state index is 11.6. The van der Waals surface area contributed by atoms with Gasteiger partial charge in [-0.25, -0.2) is 4.79 Å². The van der Waals surface area contributed by atoms with Crippen molar-refractivity contribution in [1.82, 2.24) is 4.90 Å². The zero-order valence-electron chi connectivity index (χ0n) is 14.7. The van der Waals surface area contributed by atoms with Crippen molar-refractivity contribution < 1.29 is 19.7 Å². The molecular weight excluding hydrogens is 294 g/mol. The number of aliphatic hydroxyl groups is 1. The van der Waals surface area contributed by atoms with Crippen LogP contribution in [0.3, 0.4) is 0 Å². The number of carboxylic acid groups (broad SMARTS) is 1. The van der Waals surface area contributed by atoms with Gasteiger partial charge in [-0.05, 0) is 44.4 Å². The van der Waals surface area contributed by atoms with E-state index in [0.29, 0.717) is 12.5 Å². The van der Waals surface area contributed by atoms with E-state index in [-0.39, 0.29) is 6.61 Å². The van der Waals surface area contributed by atoms with Crippen molar-refractivity contribution in [2.45, 2.75) is 52.6 Å². The molecule has 0 unspecified atom stereocenters. The highest BCUT2D eigenvalue weighted by atomic mass is 16.5. The van der Waals surface area contributed by atoms with E-state index in [9.17, 15) is 15.0 Å². The molecule has 0 heterocycles.